The molecule has 0 radical (unpaired) electrons. The molecule has 0 fully saturated rings. The molecule has 0 bridgehead atoms. The monoisotopic (exact) mass is 311 g/mol. The van der Waals surface area contributed by atoms with Crippen LogP contribution >= 0.6 is 11.3 Å². The predicted octanol–water partition coefficient (Wildman–Crippen LogP) is 1.82. The molecule has 20 heavy (non-hydrogen) atoms. The van der Waals surface area contributed by atoms with Crippen molar-refractivity contribution in [2.24, 2.45) is 5.73 Å². The molecular weight excluding hydrogens is 294 g/mol. The molecule has 5 nitrogen and oxygen atoms in total. The first kappa shape index (κ1) is 15.1. The minimum atomic E-state index is -3.62. The average Bonchev–Trinajstić information content (AvgIpc) is 2.92. The van der Waals surface area contributed by atoms with Crippen LogP contribution in [-0.2, 0) is 22.1 Å². The number of nitrogens with zero attached hydrogens (tertiary/aromatic N) is 1. The van der Waals surface area contributed by atoms with Crippen molar-refractivity contribution in [3.8, 4) is 0 Å². The van der Waals surface area contributed by atoms with Crippen molar-refractivity contribution >= 4 is 21.4 Å². The van der Waals surface area contributed by atoms with Crippen LogP contribution < -0.4 is 10.5 Å². The normalized spacial score (nSPS) is 12.6. The lowest BCUT2D eigenvalue weighted by Crippen LogP contribution is -2.40. The summed E-state index contributed by atoms with van der Waals surface area (Å²) in [5.41, 5.74) is 5.56. The molecule has 1 aromatic carbocycles. The SMILES string of the molecule is CC(C)(NS(=O)(=O)c1cccc(CN)c1)c1nccs1. The molecule has 0 aliphatic carbocycles. The van der Waals surface area contributed by atoms with Gasteiger partial charge < -0.3 is 5.73 Å². The van der Waals surface area contributed by atoms with Gasteiger partial charge in [0.15, 0.2) is 0 Å². The van der Waals surface area contributed by atoms with E-state index in [-0.39, 0.29) is 4.90 Å². The molecule has 0 aliphatic rings. The first-order chi connectivity index (χ1) is 9.35. The Morgan fingerprint density at radius 3 is 2.75 bits per heavy atom. The van der Waals surface area contributed by atoms with E-state index in [1.54, 1.807) is 44.3 Å². The van der Waals surface area contributed by atoms with E-state index in [1.807, 2.05) is 5.38 Å². The van der Waals surface area contributed by atoms with Crippen molar-refractivity contribution < 1.29 is 8.42 Å². The van der Waals surface area contributed by atoms with Gasteiger partial charge >= 0.3 is 0 Å². The maximum absolute atomic E-state index is 12.4. The summed E-state index contributed by atoms with van der Waals surface area (Å²) < 4.78 is 27.6. The third-order valence-electron chi connectivity index (χ3n) is 2.80. The summed E-state index contributed by atoms with van der Waals surface area (Å²) in [6.07, 6.45) is 1.66. The molecule has 0 unspecified atom stereocenters. The topological polar surface area (TPSA) is 85.1 Å². The maximum atomic E-state index is 12.4. The fourth-order valence-electron chi connectivity index (χ4n) is 1.81. The minimum Gasteiger partial charge on any atom is -0.326 e. The Morgan fingerprint density at radius 2 is 2.15 bits per heavy atom. The molecule has 2 aromatic rings. The van der Waals surface area contributed by atoms with Crippen molar-refractivity contribution in [2.75, 3.05) is 0 Å². The van der Waals surface area contributed by atoms with E-state index in [9.17, 15) is 8.42 Å². The largest absolute Gasteiger partial charge is 0.326 e. The smallest absolute Gasteiger partial charge is 0.241 e. The zero-order valence-corrected chi connectivity index (χ0v) is 13.0. The van der Waals surface area contributed by atoms with Gasteiger partial charge in [-0.1, -0.05) is 12.1 Å². The zero-order chi connectivity index (χ0) is 14.8. The third-order valence-corrected chi connectivity index (χ3v) is 5.55. The van der Waals surface area contributed by atoms with E-state index in [2.05, 4.69) is 9.71 Å². The zero-order valence-electron chi connectivity index (χ0n) is 11.3. The number of hydrogen-bond acceptors (Lipinski definition) is 5. The lowest BCUT2D eigenvalue weighted by Gasteiger charge is -2.23. The van der Waals surface area contributed by atoms with Crippen LogP contribution in [0.3, 0.4) is 0 Å². The van der Waals surface area contributed by atoms with Gasteiger partial charge in [0.2, 0.25) is 10.0 Å². The van der Waals surface area contributed by atoms with Crippen LogP contribution in [0.5, 0.6) is 0 Å². The molecule has 0 aliphatic heterocycles. The molecule has 7 heteroatoms. The first-order valence-corrected chi connectivity index (χ1v) is 8.44. The number of aromatic nitrogens is 1. The molecule has 0 spiro atoms. The Bertz CT molecular complexity index is 679. The van der Waals surface area contributed by atoms with E-state index >= 15 is 0 Å². The summed E-state index contributed by atoms with van der Waals surface area (Å²) in [6, 6.07) is 6.62. The second-order valence-electron chi connectivity index (χ2n) is 4.92. The molecule has 108 valence electrons. The van der Waals surface area contributed by atoms with Gasteiger partial charge in [0.05, 0.1) is 10.4 Å². The lowest BCUT2D eigenvalue weighted by atomic mass is 10.1. The van der Waals surface area contributed by atoms with E-state index in [0.717, 1.165) is 10.6 Å². The van der Waals surface area contributed by atoms with Crippen LogP contribution in [-0.4, -0.2) is 13.4 Å². The van der Waals surface area contributed by atoms with Gasteiger partial charge in [-0.3, -0.25) is 0 Å². The van der Waals surface area contributed by atoms with Gasteiger partial charge in [-0.2, -0.15) is 4.72 Å². The highest BCUT2D eigenvalue weighted by molar-refractivity contribution is 7.89. The number of nitrogens with two attached hydrogens (primary N) is 1. The summed E-state index contributed by atoms with van der Waals surface area (Å²) in [5.74, 6) is 0. The van der Waals surface area contributed by atoms with Crippen molar-refractivity contribution in [3.63, 3.8) is 0 Å². The lowest BCUT2D eigenvalue weighted by molar-refractivity contribution is 0.470. The van der Waals surface area contributed by atoms with E-state index in [4.69, 9.17) is 5.73 Å². The fraction of sp³-hybridized carbons (Fsp3) is 0.308. The number of rotatable bonds is 5. The summed E-state index contributed by atoms with van der Waals surface area (Å²) >= 11 is 1.42. The van der Waals surface area contributed by atoms with Crippen LogP contribution in [0.2, 0.25) is 0 Å². The predicted molar refractivity (Wildman–Crippen MR) is 79.8 cm³/mol. The molecule has 0 atom stereocenters. The summed E-state index contributed by atoms with van der Waals surface area (Å²) in [7, 11) is -3.62. The van der Waals surface area contributed by atoms with Gasteiger partial charge in [0.25, 0.3) is 0 Å². The molecule has 0 amide bonds. The van der Waals surface area contributed by atoms with Crippen LogP contribution in [0.1, 0.15) is 24.4 Å². The Kier molecular flexibility index (Phi) is 4.24. The van der Waals surface area contributed by atoms with E-state index < -0.39 is 15.6 Å². The highest BCUT2D eigenvalue weighted by Crippen LogP contribution is 2.25. The number of hydrogen-bond donors (Lipinski definition) is 2. The molecule has 3 N–H and O–H groups in total. The van der Waals surface area contributed by atoms with Crippen molar-refractivity contribution in [1.82, 2.24) is 9.71 Å². The second-order valence-corrected chi connectivity index (χ2v) is 7.50. The highest BCUT2D eigenvalue weighted by atomic mass is 32.2. The number of thiazole rings is 1. The Balaban J connectivity index is 2.31. The van der Waals surface area contributed by atoms with Crippen LogP contribution in [0, 0.1) is 0 Å². The van der Waals surface area contributed by atoms with Crippen LogP contribution in [0.15, 0.2) is 40.7 Å². The van der Waals surface area contributed by atoms with Gasteiger partial charge in [-0.05, 0) is 31.5 Å². The number of nitrogens with one attached hydrogen (secondary N) is 1. The van der Waals surface area contributed by atoms with E-state index in [1.165, 1.54) is 11.3 Å². The van der Waals surface area contributed by atoms with Gasteiger partial charge in [-0.25, -0.2) is 13.4 Å². The summed E-state index contributed by atoms with van der Waals surface area (Å²) in [6.45, 7) is 3.88. The maximum Gasteiger partial charge on any atom is 0.241 e. The summed E-state index contributed by atoms with van der Waals surface area (Å²) in [5, 5.41) is 2.54. The Labute approximate surface area is 122 Å². The average molecular weight is 311 g/mol. The molecule has 1 heterocycles. The molecule has 1 aromatic heterocycles. The van der Waals surface area contributed by atoms with Crippen molar-refractivity contribution in [2.45, 2.75) is 30.8 Å². The molecular formula is C13H17N3O2S2. The van der Waals surface area contributed by atoms with Gasteiger partial charge in [0, 0.05) is 18.1 Å². The Morgan fingerprint density at radius 1 is 1.40 bits per heavy atom. The molecule has 0 saturated heterocycles. The molecule has 2 rings (SSSR count). The van der Waals surface area contributed by atoms with Crippen LogP contribution in [0.4, 0.5) is 0 Å². The molecule has 0 saturated carbocycles. The van der Waals surface area contributed by atoms with Crippen molar-refractivity contribution in [3.05, 3.63) is 46.4 Å². The Hall–Kier alpha value is -1.28. The van der Waals surface area contributed by atoms with Crippen molar-refractivity contribution in [1.29, 1.82) is 0 Å². The highest BCUT2D eigenvalue weighted by Gasteiger charge is 2.30. The number of sulfonamides is 1. The van der Waals surface area contributed by atoms with Gasteiger partial charge in [0.1, 0.15) is 5.01 Å². The summed E-state index contributed by atoms with van der Waals surface area (Å²) in [4.78, 5) is 4.38. The first-order valence-electron chi connectivity index (χ1n) is 6.08. The third kappa shape index (κ3) is 3.24. The number of benzene rings is 1. The van der Waals surface area contributed by atoms with Crippen LogP contribution in [0.25, 0.3) is 0 Å². The second kappa shape index (κ2) is 5.61. The van der Waals surface area contributed by atoms with E-state index in [0.29, 0.717) is 6.54 Å². The standard InChI is InChI=1S/C13H17N3O2S2/c1-13(2,12-15-6-7-19-12)16-20(17,18)11-5-3-4-10(8-11)9-14/h3-8,16H,9,14H2,1-2H3. The fourth-order valence-corrected chi connectivity index (χ4v) is 4.04. The minimum absolute atomic E-state index is 0.213. The quantitative estimate of drug-likeness (QED) is 0.882. The van der Waals surface area contributed by atoms with Gasteiger partial charge in [-0.15, -0.1) is 11.3 Å².